The lowest BCUT2D eigenvalue weighted by Gasteiger charge is -2.31. The van der Waals surface area contributed by atoms with Gasteiger partial charge in [0.15, 0.2) is 0 Å². The van der Waals surface area contributed by atoms with Crippen LogP contribution in [0.4, 0.5) is 8.78 Å². The number of likely N-dealkylation sites (tertiary alicyclic amines) is 1. The van der Waals surface area contributed by atoms with Gasteiger partial charge in [-0.05, 0) is 56.1 Å². The van der Waals surface area contributed by atoms with E-state index >= 15 is 0 Å². The number of hydrogen-bond acceptors (Lipinski definition) is 3. The minimum absolute atomic E-state index is 0.175. The van der Waals surface area contributed by atoms with Crippen molar-refractivity contribution in [1.82, 2.24) is 10.2 Å². The van der Waals surface area contributed by atoms with Gasteiger partial charge in [0.2, 0.25) is 5.91 Å². The summed E-state index contributed by atoms with van der Waals surface area (Å²) in [5, 5.41) is 2.85. The monoisotopic (exact) mass is 325 g/mol. The van der Waals surface area contributed by atoms with E-state index in [9.17, 15) is 18.4 Å². The molecule has 0 aromatic heterocycles. The lowest BCUT2D eigenvalue weighted by atomic mass is 9.96. The van der Waals surface area contributed by atoms with E-state index < -0.39 is 12.3 Å². The third kappa shape index (κ3) is 5.28. The molecule has 0 unspecified atom stereocenters. The standard InChI is InChI=1S/C16H21F2N3O2/c17-14(18)10-21-7-5-11(6-8-21)9-20-16(23)13-3-1-12(2-4-13)15(19)22/h1-4,11,14H,5-10H2,(H2,19,22)(H,20,23). The van der Waals surface area contributed by atoms with Gasteiger partial charge in [-0.3, -0.25) is 14.5 Å². The van der Waals surface area contributed by atoms with E-state index in [2.05, 4.69) is 5.32 Å². The van der Waals surface area contributed by atoms with Crippen LogP contribution >= 0.6 is 0 Å². The van der Waals surface area contributed by atoms with E-state index in [4.69, 9.17) is 5.73 Å². The average molecular weight is 325 g/mol. The van der Waals surface area contributed by atoms with Crippen LogP contribution in [0.1, 0.15) is 33.6 Å². The second kappa shape index (κ2) is 8.01. The van der Waals surface area contributed by atoms with Gasteiger partial charge in [-0.2, -0.15) is 0 Å². The normalized spacial score (nSPS) is 16.5. The third-order valence-corrected chi connectivity index (χ3v) is 4.09. The molecule has 2 rings (SSSR count). The summed E-state index contributed by atoms with van der Waals surface area (Å²) in [6, 6.07) is 6.14. The Morgan fingerprint density at radius 1 is 1.17 bits per heavy atom. The molecule has 3 N–H and O–H groups in total. The van der Waals surface area contributed by atoms with Crippen molar-refractivity contribution in [3.05, 3.63) is 35.4 Å². The van der Waals surface area contributed by atoms with Crippen LogP contribution in [0.15, 0.2) is 24.3 Å². The summed E-state index contributed by atoms with van der Waals surface area (Å²) in [5.74, 6) is -0.443. The maximum atomic E-state index is 12.3. The number of nitrogens with zero attached hydrogens (tertiary/aromatic N) is 1. The quantitative estimate of drug-likeness (QED) is 0.832. The summed E-state index contributed by atoms with van der Waals surface area (Å²) in [5.41, 5.74) is 5.96. The number of halogens is 2. The molecule has 1 aliphatic rings. The number of hydrogen-bond donors (Lipinski definition) is 2. The second-order valence-corrected chi connectivity index (χ2v) is 5.79. The first-order chi connectivity index (χ1) is 11.0. The van der Waals surface area contributed by atoms with Crippen LogP contribution in [0.25, 0.3) is 0 Å². The molecule has 1 saturated heterocycles. The predicted molar refractivity (Wildman–Crippen MR) is 82.5 cm³/mol. The molecule has 0 radical (unpaired) electrons. The number of rotatable bonds is 6. The van der Waals surface area contributed by atoms with Gasteiger partial charge in [-0.25, -0.2) is 8.78 Å². The molecule has 5 nitrogen and oxygen atoms in total. The second-order valence-electron chi connectivity index (χ2n) is 5.79. The van der Waals surface area contributed by atoms with E-state index in [1.807, 2.05) is 0 Å². The van der Waals surface area contributed by atoms with Crippen LogP contribution in [-0.4, -0.2) is 49.3 Å². The number of carbonyl (C=O) groups is 2. The molecule has 0 aliphatic carbocycles. The Morgan fingerprint density at radius 3 is 2.26 bits per heavy atom. The number of benzene rings is 1. The van der Waals surface area contributed by atoms with Crippen molar-refractivity contribution < 1.29 is 18.4 Å². The van der Waals surface area contributed by atoms with Crippen LogP contribution < -0.4 is 11.1 Å². The zero-order valence-electron chi connectivity index (χ0n) is 12.8. The van der Waals surface area contributed by atoms with E-state index in [1.165, 1.54) is 12.1 Å². The fraction of sp³-hybridized carbons (Fsp3) is 0.500. The Morgan fingerprint density at radius 2 is 1.74 bits per heavy atom. The number of amides is 2. The molecule has 0 atom stereocenters. The Labute approximate surface area is 133 Å². The zero-order valence-corrected chi connectivity index (χ0v) is 12.8. The van der Waals surface area contributed by atoms with Crippen molar-refractivity contribution in [2.45, 2.75) is 19.3 Å². The predicted octanol–water partition coefficient (Wildman–Crippen LogP) is 1.49. The summed E-state index contributed by atoms with van der Waals surface area (Å²) in [7, 11) is 0. The molecule has 0 saturated carbocycles. The van der Waals surface area contributed by atoms with Crippen molar-refractivity contribution >= 4 is 11.8 Å². The highest BCUT2D eigenvalue weighted by molar-refractivity contribution is 5.97. The van der Waals surface area contributed by atoms with Gasteiger partial charge in [-0.1, -0.05) is 0 Å². The average Bonchev–Trinajstić information content (AvgIpc) is 2.53. The van der Waals surface area contributed by atoms with Crippen LogP contribution in [0, 0.1) is 5.92 Å². The Hall–Kier alpha value is -2.02. The molecule has 1 aromatic rings. The number of primary amides is 1. The smallest absolute Gasteiger partial charge is 0.251 e. The van der Waals surface area contributed by atoms with E-state index in [1.54, 1.807) is 17.0 Å². The first-order valence-corrected chi connectivity index (χ1v) is 7.64. The summed E-state index contributed by atoms with van der Waals surface area (Å²) < 4.78 is 24.6. The van der Waals surface area contributed by atoms with Crippen LogP contribution in [0.2, 0.25) is 0 Å². The van der Waals surface area contributed by atoms with E-state index in [0.717, 1.165) is 12.8 Å². The Balaban J connectivity index is 1.76. The van der Waals surface area contributed by atoms with Gasteiger partial charge < -0.3 is 11.1 Å². The molecule has 1 aromatic carbocycles. The highest BCUT2D eigenvalue weighted by atomic mass is 19.3. The van der Waals surface area contributed by atoms with Crippen LogP contribution in [0.5, 0.6) is 0 Å². The molecule has 7 heteroatoms. The molecule has 126 valence electrons. The fourth-order valence-electron chi connectivity index (χ4n) is 2.69. The SMILES string of the molecule is NC(=O)c1ccc(C(=O)NCC2CCN(CC(F)F)CC2)cc1. The van der Waals surface area contributed by atoms with Gasteiger partial charge in [-0.15, -0.1) is 0 Å². The molecule has 1 aliphatic heterocycles. The summed E-state index contributed by atoms with van der Waals surface area (Å²) >= 11 is 0. The maximum absolute atomic E-state index is 12.3. The zero-order chi connectivity index (χ0) is 16.8. The lowest BCUT2D eigenvalue weighted by molar-refractivity contribution is 0.0683. The van der Waals surface area contributed by atoms with Crippen molar-refractivity contribution in [2.24, 2.45) is 11.7 Å². The number of nitrogens with one attached hydrogen (secondary N) is 1. The lowest BCUT2D eigenvalue weighted by Crippen LogP contribution is -2.40. The van der Waals surface area contributed by atoms with Crippen molar-refractivity contribution in [2.75, 3.05) is 26.2 Å². The van der Waals surface area contributed by atoms with Crippen molar-refractivity contribution in [3.8, 4) is 0 Å². The number of piperidine rings is 1. The highest BCUT2D eigenvalue weighted by Gasteiger charge is 2.21. The van der Waals surface area contributed by atoms with Crippen molar-refractivity contribution in [1.29, 1.82) is 0 Å². The molecule has 0 spiro atoms. The molecular formula is C16H21F2N3O2. The summed E-state index contributed by atoms with van der Waals surface area (Å²) in [6.07, 6.45) is -0.698. The number of nitrogens with two attached hydrogens (primary N) is 1. The first-order valence-electron chi connectivity index (χ1n) is 7.64. The molecule has 1 heterocycles. The van der Waals surface area contributed by atoms with Crippen molar-refractivity contribution in [3.63, 3.8) is 0 Å². The molecule has 1 fully saturated rings. The molecule has 23 heavy (non-hydrogen) atoms. The minimum atomic E-state index is -2.30. The summed E-state index contributed by atoms with van der Waals surface area (Å²) in [4.78, 5) is 24.8. The van der Waals surface area contributed by atoms with E-state index in [0.29, 0.717) is 36.7 Å². The maximum Gasteiger partial charge on any atom is 0.251 e. The van der Waals surface area contributed by atoms with E-state index in [-0.39, 0.29) is 12.5 Å². The van der Waals surface area contributed by atoms with Gasteiger partial charge in [0.1, 0.15) is 0 Å². The first kappa shape index (κ1) is 17.3. The molecule has 0 bridgehead atoms. The molecular weight excluding hydrogens is 304 g/mol. The van der Waals surface area contributed by atoms with Gasteiger partial charge in [0.25, 0.3) is 12.3 Å². The number of carbonyl (C=O) groups excluding carboxylic acids is 2. The highest BCUT2D eigenvalue weighted by Crippen LogP contribution is 2.17. The fourth-order valence-corrected chi connectivity index (χ4v) is 2.69. The largest absolute Gasteiger partial charge is 0.366 e. The Bertz CT molecular complexity index is 541. The molecule has 2 amide bonds. The van der Waals surface area contributed by atoms with Gasteiger partial charge >= 0.3 is 0 Å². The van der Waals surface area contributed by atoms with Crippen LogP contribution in [0.3, 0.4) is 0 Å². The minimum Gasteiger partial charge on any atom is -0.366 e. The summed E-state index contributed by atoms with van der Waals surface area (Å²) in [6.45, 7) is 1.63. The third-order valence-electron chi connectivity index (χ3n) is 4.09. The van der Waals surface area contributed by atoms with Gasteiger partial charge in [0.05, 0.1) is 6.54 Å². The van der Waals surface area contributed by atoms with Gasteiger partial charge in [0, 0.05) is 17.7 Å². The Kier molecular flexibility index (Phi) is 6.04. The topological polar surface area (TPSA) is 75.4 Å². The van der Waals surface area contributed by atoms with Crippen LogP contribution in [-0.2, 0) is 0 Å². The number of alkyl halides is 2.